The van der Waals surface area contributed by atoms with Gasteiger partial charge in [-0.2, -0.15) is 26.3 Å². The second-order valence-corrected chi connectivity index (χ2v) is 6.35. The van der Waals surface area contributed by atoms with Crippen molar-refractivity contribution in [2.45, 2.75) is 12.4 Å². The van der Waals surface area contributed by atoms with Crippen LogP contribution in [0.2, 0.25) is 0 Å². The molecular weight excluding hydrogens is 431 g/mol. The molecule has 0 atom stereocenters. The number of benzene rings is 1. The molecule has 0 fully saturated rings. The van der Waals surface area contributed by atoms with Crippen molar-refractivity contribution in [3.63, 3.8) is 0 Å². The molecule has 0 aliphatic carbocycles. The molecule has 0 saturated carbocycles. The van der Waals surface area contributed by atoms with Crippen LogP contribution in [0, 0.1) is 5.82 Å². The number of hydrogen-bond acceptors (Lipinski definition) is 4. The van der Waals surface area contributed by atoms with E-state index in [1.54, 1.807) is 0 Å². The van der Waals surface area contributed by atoms with Crippen molar-refractivity contribution < 1.29 is 30.7 Å². The van der Waals surface area contributed by atoms with Gasteiger partial charge < -0.3 is 5.32 Å². The van der Waals surface area contributed by atoms with Gasteiger partial charge in [-0.05, 0) is 42.5 Å². The second-order valence-electron chi connectivity index (χ2n) is 6.35. The molecule has 0 amide bonds. The maximum Gasteiger partial charge on any atom is 0.435 e. The largest absolute Gasteiger partial charge is 0.435 e. The van der Waals surface area contributed by atoms with Crippen molar-refractivity contribution in [2.75, 3.05) is 5.32 Å². The number of rotatable bonds is 3. The lowest BCUT2D eigenvalue weighted by Gasteiger charge is -2.11. The van der Waals surface area contributed by atoms with Crippen LogP contribution in [0.15, 0.2) is 54.9 Å². The molecule has 4 aromatic rings. The zero-order valence-corrected chi connectivity index (χ0v) is 15.1. The average molecular weight is 441 g/mol. The van der Waals surface area contributed by atoms with Gasteiger partial charge in [-0.15, -0.1) is 0 Å². The Morgan fingerprint density at radius 3 is 2.16 bits per heavy atom. The summed E-state index contributed by atoms with van der Waals surface area (Å²) in [5, 5.41) is 2.70. The Bertz CT molecular complexity index is 1240. The van der Waals surface area contributed by atoms with Gasteiger partial charge in [0.05, 0.1) is 5.56 Å². The Balaban J connectivity index is 1.75. The number of nitrogens with one attached hydrogen (secondary N) is 1. The Morgan fingerprint density at radius 1 is 0.806 bits per heavy atom. The van der Waals surface area contributed by atoms with Crippen LogP contribution in [0.25, 0.3) is 17.2 Å². The van der Waals surface area contributed by atoms with Gasteiger partial charge in [0.2, 0.25) is 0 Å². The summed E-state index contributed by atoms with van der Waals surface area (Å²) >= 11 is 0. The molecule has 0 aliphatic heterocycles. The summed E-state index contributed by atoms with van der Waals surface area (Å²) in [5.41, 5.74) is -2.67. The molecule has 0 saturated heterocycles. The molecule has 1 N–H and O–H groups in total. The van der Waals surface area contributed by atoms with Crippen LogP contribution < -0.4 is 5.32 Å². The zero-order valence-electron chi connectivity index (χ0n) is 15.1. The Labute approximate surface area is 169 Å². The van der Waals surface area contributed by atoms with Crippen molar-refractivity contribution in [1.82, 2.24) is 19.4 Å². The van der Waals surface area contributed by atoms with Crippen molar-refractivity contribution >= 4 is 17.2 Å². The number of fused-ring (bicyclic) bond motifs is 1. The van der Waals surface area contributed by atoms with E-state index in [2.05, 4.69) is 20.3 Å². The van der Waals surface area contributed by atoms with E-state index in [1.165, 1.54) is 6.07 Å². The maximum atomic E-state index is 13.7. The lowest BCUT2D eigenvalue weighted by atomic mass is 10.2. The van der Waals surface area contributed by atoms with Crippen LogP contribution in [0.5, 0.6) is 0 Å². The minimum atomic E-state index is -4.86. The minimum absolute atomic E-state index is 0.0178. The lowest BCUT2D eigenvalue weighted by Crippen LogP contribution is -2.09. The maximum absolute atomic E-state index is 13.7. The summed E-state index contributed by atoms with van der Waals surface area (Å²) < 4.78 is 93.1. The number of pyridine rings is 1. The number of aromatic nitrogens is 4. The quantitative estimate of drug-likeness (QED) is 0.414. The Morgan fingerprint density at radius 2 is 1.52 bits per heavy atom. The van der Waals surface area contributed by atoms with Gasteiger partial charge in [0, 0.05) is 18.1 Å². The number of nitrogens with zero attached hydrogens (tertiary/aromatic N) is 4. The van der Waals surface area contributed by atoms with Crippen LogP contribution in [0.4, 0.5) is 42.2 Å². The fourth-order valence-corrected chi connectivity index (χ4v) is 2.86. The molecule has 0 spiro atoms. The number of alkyl halides is 6. The molecule has 160 valence electrons. The summed E-state index contributed by atoms with van der Waals surface area (Å²) in [6.07, 6.45) is -7.38. The molecule has 0 unspecified atom stereocenters. The van der Waals surface area contributed by atoms with Gasteiger partial charge in [-0.3, -0.25) is 4.40 Å². The first-order valence-corrected chi connectivity index (χ1v) is 8.55. The third kappa shape index (κ3) is 4.13. The molecule has 1 aromatic carbocycles. The van der Waals surface area contributed by atoms with Crippen LogP contribution in [-0.2, 0) is 12.4 Å². The summed E-state index contributed by atoms with van der Waals surface area (Å²) in [5.74, 6) is -1.18. The molecule has 4 rings (SSSR count). The molecular formula is C19H10F7N5. The third-order valence-electron chi connectivity index (χ3n) is 4.20. The molecule has 3 heterocycles. The molecule has 0 bridgehead atoms. The van der Waals surface area contributed by atoms with Gasteiger partial charge in [-0.1, -0.05) is 0 Å². The van der Waals surface area contributed by atoms with Crippen molar-refractivity contribution in [3.8, 4) is 11.5 Å². The first-order chi connectivity index (χ1) is 14.5. The zero-order chi connectivity index (χ0) is 22.4. The van der Waals surface area contributed by atoms with Crippen LogP contribution >= 0.6 is 0 Å². The molecule has 12 heteroatoms. The third-order valence-corrected chi connectivity index (χ3v) is 4.20. The Kier molecular flexibility index (Phi) is 4.79. The highest BCUT2D eigenvalue weighted by molar-refractivity contribution is 5.65. The topological polar surface area (TPSA) is 55.1 Å². The number of imidazole rings is 1. The van der Waals surface area contributed by atoms with Crippen molar-refractivity contribution in [2.24, 2.45) is 0 Å². The van der Waals surface area contributed by atoms with Gasteiger partial charge in [0.1, 0.15) is 23.0 Å². The summed E-state index contributed by atoms with van der Waals surface area (Å²) in [6.45, 7) is 0. The van der Waals surface area contributed by atoms with E-state index in [0.717, 1.165) is 53.2 Å². The monoisotopic (exact) mass is 441 g/mol. The fourth-order valence-electron chi connectivity index (χ4n) is 2.86. The van der Waals surface area contributed by atoms with E-state index >= 15 is 0 Å². The molecule has 3 aromatic heterocycles. The van der Waals surface area contributed by atoms with E-state index in [9.17, 15) is 30.7 Å². The van der Waals surface area contributed by atoms with E-state index in [1.807, 2.05) is 0 Å². The van der Waals surface area contributed by atoms with Crippen LogP contribution in [0.3, 0.4) is 0 Å². The van der Waals surface area contributed by atoms with Gasteiger partial charge in [0.25, 0.3) is 0 Å². The van der Waals surface area contributed by atoms with E-state index in [-0.39, 0.29) is 17.2 Å². The first kappa shape index (κ1) is 20.6. The Hall–Kier alpha value is -3.70. The summed E-state index contributed by atoms with van der Waals surface area (Å²) in [4.78, 5) is 11.4. The molecule has 5 nitrogen and oxygen atoms in total. The highest BCUT2D eigenvalue weighted by Crippen LogP contribution is 2.36. The van der Waals surface area contributed by atoms with E-state index in [4.69, 9.17) is 0 Å². The highest BCUT2D eigenvalue weighted by Gasteiger charge is 2.39. The SMILES string of the molecule is Fc1ccc2nc(C(F)(F)F)c(-c3nccc(Nc4ccc(C(F)(F)F)cc4)n3)n2c1. The average Bonchev–Trinajstić information content (AvgIpc) is 3.07. The normalized spacial score (nSPS) is 12.4. The predicted molar refractivity (Wildman–Crippen MR) is 95.9 cm³/mol. The summed E-state index contributed by atoms with van der Waals surface area (Å²) in [7, 11) is 0. The van der Waals surface area contributed by atoms with E-state index < -0.39 is 40.9 Å². The number of anilines is 2. The molecule has 31 heavy (non-hydrogen) atoms. The van der Waals surface area contributed by atoms with Crippen molar-refractivity contribution in [3.05, 3.63) is 71.9 Å². The predicted octanol–water partition coefficient (Wildman–Crippen LogP) is 5.71. The first-order valence-electron chi connectivity index (χ1n) is 8.55. The number of halogens is 7. The fraction of sp³-hybridized carbons (Fsp3) is 0.105. The number of hydrogen-bond donors (Lipinski definition) is 1. The highest BCUT2D eigenvalue weighted by atomic mass is 19.4. The smallest absolute Gasteiger partial charge is 0.340 e. The van der Waals surface area contributed by atoms with Gasteiger partial charge in [-0.25, -0.2) is 19.3 Å². The standard InChI is InChI=1S/C19H10F7N5/c20-11-3-6-14-30-16(19(24,25)26)15(31(14)9-11)17-27-8-7-13(29-17)28-12-4-1-10(2-5-12)18(21,22)23/h1-9H,(H,27,28,29). The lowest BCUT2D eigenvalue weighted by molar-refractivity contribution is -0.140. The molecule has 0 radical (unpaired) electrons. The van der Waals surface area contributed by atoms with Crippen molar-refractivity contribution in [1.29, 1.82) is 0 Å². The van der Waals surface area contributed by atoms with E-state index in [0.29, 0.717) is 0 Å². The summed E-state index contributed by atoms with van der Waals surface area (Å²) in [6, 6.07) is 7.36. The van der Waals surface area contributed by atoms with Gasteiger partial charge in [0.15, 0.2) is 11.5 Å². The van der Waals surface area contributed by atoms with Gasteiger partial charge >= 0.3 is 12.4 Å². The molecule has 0 aliphatic rings. The minimum Gasteiger partial charge on any atom is -0.340 e. The van der Waals surface area contributed by atoms with Crippen LogP contribution in [-0.4, -0.2) is 19.4 Å². The second kappa shape index (κ2) is 7.22. The van der Waals surface area contributed by atoms with Crippen LogP contribution in [0.1, 0.15) is 11.3 Å².